The average Bonchev–Trinajstić information content (AvgIpc) is 2.91. The van der Waals surface area contributed by atoms with Gasteiger partial charge in [-0.1, -0.05) is 13.8 Å². The Balaban J connectivity index is 2.16. The normalized spacial score (nSPS) is 15.9. The van der Waals surface area contributed by atoms with Crippen LogP contribution in [0, 0.1) is 0 Å². The fourth-order valence-electron chi connectivity index (χ4n) is 2.39. The Morgan fingerprint density at radius 1 is 1.33 bits per heavy atom. The van der Waals surface area contributed by atoms with Gasteiger partial charge in [-0.3, -0.25) is 0 Å². The SMILES string of the molecule is CC(C)c1cc2nc(C(=O)O)cc(N3CCOCC3)n2n1. The summed E-state index contributed by atoms with van der Waals surface area (Å²) in [5.74, 6) is -0.00979. The first-order chi connectivity index (χ1) is 10.1. The lowest BCUT2D eigenvalue weighted by molar-refractivity contribution is 0.0690. The summed E-state index contributed by atoms with van der Waals surface area (Å²) in [6.07, 6.45) is 0. The van der Waals surface area contributed by atoms with E-state index in [9.17, 15) is 9.90 Å². The van der Waals surface area contributed by atoms with Crippen LogP contribution in [0.2, 0.25) is 0 Å². The number of aromatic nitrogens is 3. The Hall–Kier alpha value is -2.15. The van der Waals surface area contributed by atoms with Gasteiger partial charge in [-0.25, -0.2) is 9.78 Å². The Kier molecular flexibility index (Phi) is 3.50. The van der Waals surface area contributed by atoms with Crippen molar-refractivity contribution in [3.05, 3.63) is 23.5 Å². The summed E-state index contributed by atoms with van der Waals surface area (Å²) >= 11 is 0. The Bertz CT molecular complexity index is 674. The molecular formula is C14H18N4O3. The van der Waals surface area contributed by atoms with Crippen LogP contribution in [0.1, 0.15) is 35.9 Å². The van der Waals surface area contributed by atoms with Crippen LogP contribution >= 0.6 is 0 Å². The first-order valence-corrected chi connectivity index (χ1v) is 7.03. The molecule has 0 saturated carbocycles. The van der Waals surface area contributed by atoms with Gasteiger partial charge in [0, 0.05) is 25.2 Å². The molecule has 21 heavy (non-hydrogen) atoms. The minimum atomic E-state index is -1.03. The maximum atomic E-state index is 11.3. The van der Waals surface area contributed by atoms with Crippen LogP contribution in [0.25, 0.3) is 5.65 Å². The number of aromatic carboxylic acids is 1. The number of morpholine rings is 1. The molecular weight excluding hydrogens is 272 g/mol. The number of fused-ring (bicyclic) bond motifs is 1. The second-order valence-corrected chi connectivity index (χ2v) is 5.40. The van der Waals surface area contributed by atoms with Gasteiger partial charge in [0.1, 0.15) is 5.82 Å². The average molecular weight is 290 g/mol. The minimum Gasteiger partial charge on any atom is -0.477 e. The van der Waals surface area contributed by atoms with Crippen molar-refractivity contribution >= 4 is 17.4 Å². The van der Waals surface area contributed by atoms with Crippen molar-refractivity contribution in [3.63, 3.8) is 0 Å². The third-order valence-electron chi connectivity index (χ3n) is 3.57. The Morgan fingerprint density at radius 3 is 2.67 bits per heavy atom. The van der Waals surface area contributed by atoms with E-state index in [-0.39, 0.29) is 11.6 Å². The van der Waals surface area contributed by atoms with Crippen LogP contribution in [0.5, 0.6) is 0 Å². The van der Waals surface area contributed by atoms with Crippen LogP contribution in [0.4, 0.5) is 5.82 Å². The lowest BCUT2D eigenvalue weighted by Gasteiger charge is -2.28. The third-order valence-corrected chi connectivity index (χ3v) is 3.57. The predicted molar refractivity (Wildman–Crippen MR) is 77.1 cm³/mol. The van der Waals surface area contributed by atoms with E-state index >= 15 is 0 Å². The topological polar surface area (TPSA) is 80.0 Å². The first-order valence-electron chi connectivity index (χ1n) is 7.03. The molecule has 1 fully saturated rings. The van der Waals surface area contributed by atoms with E-state index in [1.807, 2.05) is 19.9 Å². The van der Waals surface area contributed by atoms with Crippen LogP contribution < -0.4 is 4.90 Å². The summed E-state index contributed by atoms with van der Waals surface area (Å²) in [6, 6.07) is 3.43. The fourth-order valence-corrected chi connectivity index (χ4v) is 2.39. The van der Waals surface area contributed by atoms with Crippen molar-refractivity contribution in [3.8, 4) is 0 Å². The lowest BCUT2D eigenvalue weighted by Crippen LogP contribution is -2.37. The molecule has 0 aromatic carbocycles. The fraction of sp³-hybridized carbons (Fsp3) is 0.500. The molecule has 0 aliphatic carbocycles. The van der Waals surface area contributed by atoms with E-state index in [0.717, 1.165) is 24.6 Å². The summed E-state index contributed by atoms with van der Waals surface area (Å²) in [6.45, 7) is 6.79. The number of carboxylic acids is 1. The van der Waals surface area contributed by atoms with Gasteiger partial charge in [-0.15, -0.1) is 0 Å². The van der Waals surface area contributed by atoms with Gasteiger partial charge < -0.3 is 14.7 Å². The quantitative estimate of drug-likeness (QED) is 0.920. The number of hydrogen-bond acceptors (Lipinski definition) is 5. The van der Waals surface area contributed by atoms with Gasteiger partial charge in [0.25, 0.3) is 0 Å². The van der Waals surface area contributed by atoms with Crippen molar-refractivity contribution < 1.29 is 14.6 Å². The van der Waals surface area contributed by atoms with Gasteiger partial charge in [0.2, 0.25) is 0 Å². The van der Waals surface area contributed by atoms with E-state index in [4.69, 9.17) is 4.74 Å². The second kappa shape index (κ2) is 5.33. The molecule has 0 atom stereocenters. The summed E-state index contributed by atoms with van der Waals surface area (Å²) < 4.78 is 7.08. The van der Waals surface area contributed by atoms with E-state index in [2.05, 4.69) is 15.0 Å². The maximum Gasteiger partial charge on any atom is 0.354 e. The van der Waals surface area contributed by atoms with E-state index in [1.54, 1.807) is 10.6 Å². The highest BCUT2D eigenvalue weighted by atomic mass is 16.5. The summed E-state index contributed by atoms with van der Waals surface area (Å²) in [5, 5.41) is 13.8. The zero-order valence-corrected chi connectivity index (χ0v) is 12.1. The Morgan fingerprint density at radius 2 is 2.05 bits per heavy atom. The largest absolute Gasteiger partial charge is 0.477 e. The van der Waals surface area contributed by atoms with Crippen LogP contribution in [0.15, 0.2) is 12.1 Å². The van der Waals surface area contributed by atoms with Crippen molar-refractivity contribution in [2.75, 3.05) is 31.2 Å². The van der Waals surface area contributed by atoms with Crippen molar-refractivity contribution in [2.24, 2.45) is 0 Å². The van der Waals surface area contributed by atoms with Crippen LogP contribution in [-0.4, -0.2) is 52.0 Å². The molecule has 0 radical (unpaired) electrons. The van der Waals surface area contributed by atoms with Gasteiger partial charge in [0.05, 0.1) is 18.9 Å². The highest BCUT2D eigenvalue weighted by molar-refractivity contribution is 5.87. The van der Waals surface area contributed by atoms with Crippen molar-refractivity contribution in [1.29, 1.82) is 0 Å². The molecule has 1 aliphatic rings. The summed E-state index contributed by atoms with van der Waals surface area (Å²) in [5.41, 5.74) is 1.51. The molecule has 1 aliphatic heterocycles. The van der Waals surface area contributed by atoms with Crippen molar-refractivity contribution in [2.45, 2.75) is 19.8 Å². The summed E-state index contributed by atoms with van der Waals surface area (Å²) in [7, 11) is 0. The van der Waals surface area contributed by atoms with Crippen LogP contribution in [0.3, 0.4) is 0 Å². The number of carboxylic acid groups (broad SMARTS) is 1. The molecule has 3 rings (SSSR count). The van der Waals surface area contributed by atoms with Gasteiger partial charge in [-0.05, 0) is 5.92 Å². The molecule has 2 aromatic rings. The minimum absolute atomic E-state index is 0.0409. The van der Waals surface area contributed by atoms with Crippen LogP contribution in [-0.2, 0) is 4.74 Å². The molecule has 2 aromatic heterocycles. The lowest BCUT2D eigenvalue weighted by atomic mass is 10.1. The molecule has 0 bridgehead atoms. The van der Waals surface area contributed by atoms with Gasteiger partial charge in [-0.2, -0.15) is 9.61 Å². The molecule has 0 amide bonds. The highest BCUT2D eigenvalue weighted by Gasteiger charge is 2.20. The number of nitrogens with zero attached hydrogens (tertiary/aromatic N) is 4. The van der Waals surface area contributed by atoms with Gasteiger partial charge in [0.15, 0.2) is 11.3 Å². The number of hydrogen-bond donors (Lipinski definition) is 1. The predicted octanol–water partition coefficient (Wildman–Crippen LogP) is 1.39. The molecule has 0 spiro atoms. The summed E-state index contributed by atoms with van der Waals surface area (Å²) in [4.78, 5) is 17.5. The smallest absolute Gasteiger partial charge is 0.354 e. The molecule has 7 nitrogen and oxygen atoms in total. The maximum absolute atomic E-state index is 11.3. The number of anilines is 1. The standard InChI is InChI=1S/C14H18N4O3/c1-9(2)10-7-12-15-11(14(19)20)8-13(18(12)16-10)17-3-5-21-6-4-17/h7-9H,3-6H2,1-2H3,(H,19,20). The van der Waals surface area contributed by atoms with E-state index in [1.165, 1.54) is 0 Å². The second-order valence-electron chi connectivity index (χ2n) is 5.40. The molecule has 1 N–H and O–H groups in total. The molecule has 0 unspecified atom stereocenters. The molecule has 112 valence electrons. The molecule has 3 heterocycles. The van der Waals surface area contributed by atoms with E-state index < -0.39 is 5.97 Å². The first kappa shape index (κ1) is 13.8. The number of ether oxygens (including phenoxy) is 1. The molecule has 7 heteroatoms. The Labute approximate surface area is 122 Å². The van der Waals surface area contributed by atoms with Crippen molar-refractivity contribution in [1.82, 2.24) is 14.6 Å². The monoisotopic (exact) mass is 290 g/mol. The highest BCUT2D eigenvalue weighted by Crippen LogP contribution is 2.22. The van der Waals surface area contributed by atoms with E-state index in [0.29, 0.717) is 18.9 Å². The third kappa shape index (κ3) is 2.56. The van der Waals surface area contributed by atoms with Gasteiger partial charge >= 0.3 is 5.97 Å². The number of rotatable bonds is 3. The molecule has 1 saturated heterocycles. The number of carbonyl (C=O) groups is 1. The zero-order valence-electron chi connectivity index (χ0n) is 12.1. The zero-order chi connectivity index (χ0) is 15.0.